The molecule has 0 aliphatic heterocycles. The van der Waals surface area contributed by atoms with Gasteiger partial charge in [-0.25, -0.2) is 4.79 Å². The predicted molar refractivity (Wildman–Crippen MR) is 88.5 cm³/mol. The van der Waals surface area contributed by atoms with Gasteiger partial charge in [-0.2, -0.15) is 0 Å². The topological polar surface area (TPSA) is 62.5 Å². The fourth-order valence-electron chi connectivity index (χ4n) is 2.50. The summed E-state index contributed by atoms with van der Waals surface area (Å²) in [5.74, 6) is -1.22. The van der Waals surface area contributed by atoms with Gasteiger partial charge in [-0.1, -0.05) is 31.9 Å². The Hall–Kier alpha value is -1.37. The minimum absolute atomic E-state index is 0.0125. The molecular formula is C15H11Br2NO3. The Balaban J connectivity index is 2.32. The van der Waals surface area contributed by atoms with Gasteiger partial charge >= 0.3 is 5.97 Å². The molecule has 6 heteroatoms. The lowest BCUT2D eigenvalue weighted by atomic mass is 10.2. The first-order valence-electron chi connectivity index (χ1n) is 6.25. The van der Waals surface area contributed by atoms with Crippen molar-refractivity contribution in [3.63, 3.8) is 0 Å². The van der Waals surface area contributed by atoms with Crippen LogP contribution >= 0.6 is 31.9 Å². The second-order valence-electron chi connectivity index (χ2n) is 4.79. The maximum atomic E-state index is 10.9. The van der Waals surface area contributed by atoms with E-state index in [4.69, 9.17) is 5.11 Å². The summed E-state index contributed by atoms with van der Waals surface area (Å²) in [4.78, 5) is 10.9. The third kappa shape index (κ3) is 2.59. The average Bonchev–Trinajstić information content (AvgIpc) is 2.72. The maximum Gasteiger partial charge on any atom is 0.334 e. The van der Waals surface area contributed by atoms with Gasteiger partial charge in [0.25, 0.3) is 0 Å². The summed E-state index contributed by atoms with van der Waals surface area (Å²) in [5, 5.41) is 20.6. The van der Waals surface area contributed by atoms with Crippen molar-refractivity contribution < 1.29 is 15.0 Å². The van der Waals surface area contributed by atoms with E-state index in [0.717, 1.165) is 30.8 Å². The molecule has 1 atom stereocenters. The van der Waals surface area contributed by atoms with E-state index in [0.29, 0.717) is 0 Å². The predicted octanol–water partition coefficient (Wildman–Crippen LogP) is 3.77. The number of aliphatic carboxylic acids is 1. The van der Waals surface area contributed by atoms with E-state index in [1.54, 1.807) is 0 Å². The molecule has 0 saturated heterocycles. The number of fused-ring (bicyclic) bond motifs is 3. The first-order valence-corrected chi connectivity index (χ1v) is 7.84. The van der Waals surface area contributed by atoms with Crippen molar-refractivity contribution in [2.24, 2.45) is 0 Å². The number of rotatable bonds is 3. The first kappa shape index (κ1) is 14.6. The summed E-state index contributed by atoms with van der Waals surface area (Å²) < 4.78 is 3.74. The van der Waals surface area contributed by atoms with Gasteiger partial charge in [0.15, 0.2) is 6.10 Å². The van der Waals surface area contributed by atoms with Crippen molar-refractivity contribution in [1.29, 1.82) is 0 Å². The Kier molecular flexibility index (Phi) is 3.77. The first-order chi connectivity index (χ1) is 9.97. The van der Waals surface area contributed by atoms with E-state index < -0.39 is 12.1 Å². The highest BCUT2D eigenvalue weighted by molar-refractivity contribution is 9.10. The van der Waals surface area contributed by atoms with Gasteiger partial charge in [0.2, 0.25) is 0 Å². The number of carbonyl (C=O) groups is 1. The van der Waals surface area contributed by atoms with Crippen molar-refractivity contribution in [1.82, 2.24) is 4.57 Å². The summed E-state index contributed by atoms with van der Waals surface area (Å²) in [6.07, 6.45) is -1.43. The van der Waals surface area contributed by atoms with E-state index in [-0.39, 0.29) is 6.54 Å². The summed E-state index contributed by atoms with van der Waals surface area (Å²) in [6, 6.07) is 11.6. The van der Waals surface area contributed by atoms with E-state index in [1.807, 2.05) is 41.0 Å². The molecule has 0 radical (unpaired) electrons. The molecule has 0 amide bonds. The van der Waals surface area contributed by atoms with Crippen molar-refractivity contribution >= 4 is 59.6 Å². The quantitative estimate of drug-likeness (QED) is 0.688. The number of carboxylic acids is 1. The zero-order valence-electron chi connectivity index (χ0n) is 10.8. The van der Waals surface area contributed by atoms with Gasteiger partial charge in [-0.05, 0) is 36.4 Å². The Morgan fingerprint density at radius 2 is 1.52 bits per heavy atom. The highest BCUT2D eigenvalue weighted by atomic mass is 79.9. The maximum absolute atomic E-state index is 10.9. The van der Waals surface area contributed by atoms with Crippen LogP contribution in [0.3, 0.4) is 0 Å². The number of hydrogen-bond acceptors (Lipinski definition) is 2. The lowest BCUT2D eigenvalue weighted by Crippen LogP contribution is -2.25. The van der Waals surface area contributed by atoms with Gasteiger partial charge in [-0.3, -0.25) is 0 Å². The molecule has 3 aromatic rings. The summed E-state index contributed by atoms with van der Waals surface area (Å²) >= 11 is 6.91. The molecule has 2 N–H and O–H groups in total. The Morgan fingerprint density at radius 1 is 1.05 bits per heavy atom. The van der Waals surface area contributed by atoms with Crippen molar-refractivity contribution in [3.8, 4) is 0 Å². The van der Waals surface area contributed by atoms with E-state index in [9.17, 15) is 9.90 Å². The van der Waals surface area contributed by atoms with E-state index in [1.165, 1.54) is 0 Å². The lowest BCUT2D eigenvalue weighted by molar-refractivity contribution is -0.147. The number of nitrogens with zero attached hydrogens (tertiary/aromatic N) is 1. The summed E-state index contributed by atoms with van der Waals surface area (Å²) in [6.45, 7) is 0.0125. The molecule has 0 aliphatic rings. The van der Waals surface area contributed by atoms with Crippen LogP contribution in [0, 0.1) is 0 Å². The SMILES string of the molecule is O=C(O)C(O)Cn1c2ccc(Br)cc2c2cc(Br)ccc21. The number of benzene rings is 2. The number of halogens is 2. The molecule has 0 fully saturated rings. The smallest absolute Gasteiger partial charge is 0.334 e. The molecule has 1 heterocycles. The van der Waals surface area contributed by atoms with Crippen molar-refractivity contribution in [2.45, 2.75) is 12.6 Å². The number of aliphatic hydroxyl groups excluding tert-OH is 1. The number of hydrogen-bond donors (Lipinski definition) is 2. The molecule has 0 spiro atoms. The van der Waals surface area contributed by atoms with Gasteiger partial charge < -0.3 is 14.8 Å². The molecule has 2 aromatic carbocycles. The molecule has 0 saturated carbocycles. The Bertz CT molecular complexity index is 798. The van der Waals surface area contributed by atoms with Crippen LogP contribution in [-0.4, -0.2) is 26.9 Å². The monoisotopic (exact) mass is 411 g/mol. The molecule has 0 bridgehead atoms. The van der Waals surface area contributed by atoms with Gasteiger partial charge in [-0.15, -0.1) is 0 Å². The highest BCUT2D eigenvalue weighted by Crippen LogP contribution is 2.33. The number of carboxylic acid groups (broad SMARTS) is 1. The van der Waals surface area contributed by atoms with Crippen LogP contribution in [0.25, 0.3) is 21.8 Å². The van der Waals surface area contributed by atoms with Crippen LogP contribution in [0.2, 0.25) is 0 Å². The van der Waals surface area contributed by atoms with Crippen LogP contribution in [0.1, 0.15) is 0 Å². The fourth-order valence-corrected chi connectivity index (χ4v) is 3.22. The van der Waals surface area contributed by atoms with Crippen molar-refractivity contribution in [2.75, 3.05) is 0 Å². The zero-order valence-corrected chi connectivity index (χ0v) is 13.9. The van der Waals surface area contributed by atoms with Crippen LogP contribution in [0.15, 0.2) is 45.3 Å². The Labute approximate surface area is 137 Å². The van der Waals surface area contributed by atoms with Crippen LogP contribution in [0.4, 0.5) is 0 Å². The van der Waals surface area contributed by atoms with E-state index >= 15 is 0 Å². The summed E-state index contributed by atoms with van der Waals surface area (Å²) in [5.41, 5.74) is 1.79. The molecule has 0 aliphatic carbocycles. The lowest BCUT2D eigenvalue weighted by Gasteiger charge is -2.10. The molecule has 108 valence electrons. The number of aliphatic hydroxyl groups is 1. The standard InChI is InChI=1S/C15H11Br2NO3/c16-8-1-3-12-10(5-8)11-6-9(17)2-4-13(11)18(12)7-14(19)15(20)21/h1-6,14,19H,7H2,(H,20,21). The molecule has 21 heavy (non-hydrogen) atoms. The second-order valence-corrected chi connectivity index (χ2v) is 6.62. The van der Waals surface area contributed by atoms with Gasteiger partial charge in [0.1, 0.15) is 0 Å². The minimum atomic E-state index is -1.43. The Morgan fingerprint density at radius 3 is 1.95 bits per heavy atom. The fraction of sp³-hybridized carbons (Fsp3) is 0.133. The molecular weight excluding hydrogens is 402 g/mol. The highest BCUT2D eigenvalue weighted by Gasteiger charge is 2.18. The van der Waals surface area contributed by atoms with Crippen LogP contribution in [0.5, 0.6) is 0 Å². The van der Waals surface area contributed by atoms with Gasteiger partial charge in [0, 0.05) is 30.8 Å². The normalized spacial score (nSPS) is 12.9. The van der Waals surface area contributed by atoms with Crippen LogP contribution < -0.4 is 0 Å². The zero-order chi connectivity index (χ0) is 15.1. The third-order valence-corrected chi connectivity index (χ3v) is 4.42. The molecule has 1 aromatic heterocycles. The minimum Gasteiger partial charge on any atom is -0.479 e. The second kappa shape index (κ2) is 5.44. The van der Waals surface area contributed by atoms with E-state index in [2.05, 4.69) is 31.9 Å². The average molecular weight is 413 g/mol. The third-order valence-electron chi connectivity index (χ3n) is 3.43. The van der Waals surface area contributed by atoms with Gasteiger partial charge in [0.05, 0.1) is 6.54 Å². The summed E-state index contributed by atoms with van der Waals surface area (Å²) in [7, 11) is 0. The molecule has 3 rings (SSSR count). The van der Waals surface area contributed by atoms with Crippen molar-refractivity contribution in [3.05, 3.63) is 45.3 Å². The molecule has 4 nitrogen and oxygen atoms in total. The van der Waals surface area contributed by atoms with Crippen LogP contribution in [-0.2, 0) is 11.3 Å². The largest absolute Gasteiger partial charge is 0.479 e. The molecule has 1 unspecified atom stereocenters. The number of aromatic nitrogens is 1.